The maximum Gasteiger partial charge on any atom is 0.123 e. The van der Waals surface area contributed by atoms with Crippen molar-refractivity contribution in [1.82, 2.24) is 14.7 Å². The van der Waals surface area contributed by atoms with Crippen molar-refractivity contribution in [3.63, 3.8) is 0 Å². The van der Waals surface area contributed by atoms with Crippen LogP contribution in [-0.4, -0.2) is 39.0 Å². The Balaban J connectivity index is 1.42. The van der Waals surface area contributed by atoms with Crippen LogP contribution in [0.15, 0.2) is 67.0 Å². The molecule has 1 saturated heterocycles. The molecular formula is C22H24FN3O. The van der Waals surface area contributed by atoms with Crippen molar-refractivity contribution in [2.75, 3.05) is 13.1 Å². The average molecular weight is 365 g/mol. The van der Waals surface area contributed by atoms with Gasteiger partial charge in [0.25, 0.3) is 0 Å². The van der Waals surface area contributed by atoms with Crippen molar-refractivity contribution in [2.45, 2.75) is 31.5 Å². The first-order valence-electron chi connectivity index (χ1n) is 9.39. The Labute approximate surface area is 158 Å². The van der Waals surface area contributed by atoms with E-state index in [0.29, 0.717) is 6.54 Å². The molecule has 3 aromatic rings. The Hall–Kier alpha value is -2.50. The van der Waals surface area contributed by atoms with Gasteiger partial charge in [0.2, 0.25) is 0 Å². The van der Waals surface area contributed by atoms with Gasteiger partial charge >= 0.3 is 0 Å². The van der Waals surface area contributed by atoms with Gasteiger partial charge in [0.15, 0.2) is 0 Å². The number of rotatable bonds is 5. The summed E-state index contributed by atoms with van der Waals surface area (Å²) in [4.78, 5) is 2.30. The van der Waals surface area contributed by atoms with Crippen LogP contribution in [0.5, 0.6) is 0 Å². The molecule has 5 heteroatoms. The molecule has 1 aliphatic rings. The zero-order valence-electron chi connectivity index (χ0n) is 15.2. The Morgan fingerprint density at radius 2 is 1.74 bits per heavy atom. The van der Waals surface area contributed by atoms with Gasteiger partial charge in [-0.25, -0.2) is 4.39 Å². The lowest BCUT2D eigenvalue weighted by atomic mass is 9.87. The molecule has 0 unspecified atom stereocenters. The SMILES string of the molecule is O[C@@H]1CN(Cc2ccccc2Cn2cccn2)CC[C@H]1c1ccc(F)cc1. The van der Waals surface area contributed by atoms with Gasteiger partial charge in [0.05, 0.1) is 12.6 Å². The predicted molar refractivity (Wildman–Crippen MR) is 103 cm³/mol. The molecule has 2 aromatic carbocycles. The minimum Gasteiger partial charge on any atom is -0.391 e. The summed E-state index contributed by atoms with van der Waals surface area (Å²) in [5, 5.41) is 15.0. The molecule has 0 amide bonds. The van der Waals surface area contributed by atoms with Crippen molar-refractivity contribution >= 4 is 0 Å². The van der Waals surface area contributed by atoms with Crippen molar-refractivity contribution in [3.8, 4) is 0 Å². The van der Waals surface area contributed by atoms with Crippen LogP contribution < -0.4 is 0 Å². The number of aliphatic hydroxyl groups excluding tert-OH is 1. The molecule has 0 aliphatic carbocycles. The van der Waals surface area contributed by atoms with E-state index in [1.54, 1.807) is 18.3 Å². The molecule has 2 heterocycles. The fourth-order valence-corrected chi connectivity index (χ4v) is 3.91. The minimum absolute atomic E-state index is 0.0705. The average Bonchev–Trinajstić information content (AvgIpc) is 3.18. The summed E-state index contributed by atoms with van der Waals surface area (Å²) < 4.78 is 15.1. The number of hydrogen-bond donors (Lipinski definition) is 1. The monoisotopic (exact) mass is 365 g/mol. The highest BCUT2D eigenvalue weighted by atomic mass is 19.1. The Morgan fingerprint density at radius 1 is 1.00 bits per heavy atom. The zero-order valence-corrected chi connectivity index (χ0v) is 15.2. The molecule has 0 spiro atoms. The number of nitrogens with zero attached hydrogens (tertiary/aromatic N) is 3. The molecule has 1 fully saturated rings. The molecule has 1 aromatic heterocycles. The topological polar surface area (TPSA) is 41.3 Å². The van der Waals surface area contributed by atoms with E-state index in [0.717, 1.165) is 31.6 Å². The van der Waals surface area contributed by atoms with Gasteiger partial charge in [-0.05, 0) is 47.9 Å². The summed E-state index contributed by atoms with van der Waals surface area (Å²) in [5.41, 5.74) is 3.53. The second-order valence-corrected chi connectivity index (χ2v) is 7.22. The van der Waals surface area contributed by atoms with E-state index >= 15 is 0 Å². The minimum atomic E-state index is -0.442. The number of aliphatic hydroxyl groups is 1. The standard InChI is InChI=1S/C22H24FN3O/c23-20-8-6-17(7-9-20)21-10-13-25(16-22(21)27)14-18-4-1-2-5-19(18)15-26-12-3-11-24-26/h1-9,11-12,21-22,27H,10,13-16H2/t21-,22+/m0/s1. The lowest BCUT2D eigenvalue weighted by Gasteiger charge is -2.36. The Kier molecular flexibility index (Phi) is 5.32. The molecule has 140 valence electrons. The molecule has 0 bridgehead atoms. The molecule has 27 heavy (non-hydrogen) atoms. The van der Waals surface area contributed by atoms with E-state index in [2.05, 4.69) is 34.3 Å². The summed E-state index contributed by atoms with van der Waals surface area (Å²) in [6.07, 6.45) is 4.18. The second-order valence-electron chi connectivity index (χ2n) is 7.22. The molecule has 0 saturated carbocycles. The predicted octanol–water partition coefficient (Wildman–Crippen LogP) is 3.42. The summed E-state index contributed by atoms with van der Waals surface area (Å²) >= 11 is 0. The van der Waals surface area contributed by atoms with Gasteiger partial charge in [-0.15, -0.1) is 0 Å². The third-order valence-corrected chi connectivity index (χ3v) is 5.37. The van der Waals surface area contributed by atoms with Crippen LogP contribution >= 0.6 is 0 Å². The normalized spacial score (nSPS) is 20.7. The number of likely N-dealkylation sites (tertiary alicyclic amines) is 1. The number of β-amino-alcohol motifs (C(OH)–C–C–N with tert-alkyl or cyclic N) is 1. The van der Waals surface area contributed by atoms with Crippen LogP contribution in [0.4, 0.5) is 4.39 Å². The lowest BCUT2D eigenvalue weighted by Crippen LogP contribution is -2.42. The third kappa shape index (κ3) is 4.26. The summed E-state index contributed by atoms with van der Waals surface area (Å²) in [6, 6.07) is 16.9. The van der Waals surface area contributed by atoms with Crippen LogP contribution in [-0.2, 0) is 13.1 Å². The Morgan fingerprint density at radius 3 is 2.41 bits per heavy atom. The van der Waals surface area contributed by atoms with Crippen molar-refractivity contribution in [2.24, 2.45) is 0 Å². The van der Waals surface area contributed by atoms with Crippen LogP contribution in [0, 0.1) is 5.82 Å². The van der Waals surface area contributed by atoms with Gasteiger partial charge in [-0.1, -0.05) is 36.4 Å². The largest absolute Gasteiger partial charge is 0.391 e. The fraction of sp³-hybridized carbons (Fsp3) is 0.318. The van der Waals surface area contributed by atoms with Gasteiger partial charge in [-0.3, -0.25) is 9.58 Å². The van der Waals surface area contributed by atoms with Gasteiger partial charge < -0.3 is 5.11 Å². The van der Waals surface area contributed by atoms with Gasteiger partial charge in [-0.2, -0.15) is 5.10 Å². The molecule has 2 atom stereocenters. The van der Waals surface area contributed by atoms with E-state index < -0.39 is 6.10 Å². The van der Waals surface area contributed by atoms with E-state index in [9.17, 15) is 9.50 Å². The summed E-state index contributed by atoms with van der Waals surface area (Å²) in [7, 11) is 0. The van der Waals surface area contributed by atoms with E-state index in [1.807, 2.05) is 16.9 Å². The maximum atomic E-state index is 13.2. The van der Waals surface area contributed by atoms with Crippen LogP contribution in [0.2, 0.25) is 0 Å². The number of benzene rings is 2. The number of aromatic nitrogens is 2. The van der Waals surface area contributed by atoms with Crippen LogP contribution in [0.1, 0.15) is 29.0 Å². The first-order chi connectivity index (χ1) is 13.2. The molecule has 4 rings (SSSR count). The first kappa shape index (κ1) is 17.9. The summed E-state index contributed by atoms with van der Waals surface area (Å²) in [6.45, 7) is 3.09. The highest BCUT2D eigenvalue weighted by molar-refractivity contribution is 5.28. The van der Waals surface area contributed by atoms with E-state index in [4.69, 9.17) is 0 Å². The number of halogens is 1. The smallest absolute Gasteiger partial charge is 0.123 e. The van der Waals surface area contributed by atoms with Crippen molar-refractivity contribution in [3.05, 3.63) is 89.5 Å². The quantitative estimate of drug-likeness (QED) is 0.753. The maximum absolute atomic E-state index is 13.2. The highest BCUT2D eigenvalue weighted by Gasteiger charge is 2.29. The van der Waals surface area contributed by atoms with Crippen molar-refractivity contribution < 1.29 is 9.50 Å². The number of piperidine rings is 1. The lowest BCUT2D eigenvalue weighted by molar-refractivity contribution is 0.0475. The second kappa shape index (κ2) is 8.03. The van der Waals surface area contributed by atoms with Gasteiger partial charge in [0.1, 0.15) is 5.82 Å². The summed E-state index contributed by atoms with van der Waals surface area (Å²) in [5.74, 6) is -0.166. The molecular weight excluding hydrogens is 341 g/mol. The molecule has 1 aliphatic heterocycles. The Bertz CT molecular complexity index is 864. The first-order valence-corrected chi connectivity index (χ1v) is 9.39. The van der Waals surface area contributed by atoms with E-state index in [-0.39, 0.29) is 11.7 Å². The van der Waals surface area contributed by atoms with Crippen LogP contribution in [0.25, 0.3) is 0 Å². The third-order valence-electron chi connectivity index (χ3n) is 5.37. The highest BCUT2D eigenvalue weighted by Crippen LogP contribution is 2.29. The molecule has 4 nitrogen and oxygen atoms in total. The zero-order chi connectivity index (χ0) is 18.6. The van der Waals surface area contributed by atoms with Gasteiger partial charge in [0, 0.05) is 31.4 Å². The number of hydrogen-bond acceptors (Lipinski definition) is 3. The fourth-order valence-electron chi connectivity index (χ4n) is 3.91. The van der Waals surface area contributed by atoms with E-state index in [1.165, 1.54) is 23.3 Å². The van der Waals surface area contributed by atoms with Crippen molar-refractivity contribution in [1.29, 1.82) is 0 Å². The van der Waals surface area contributed by atoms with Crippen LogP contribution in [0.3, 0.4) is 0 Å². The molecule has 1 N–H and O–H groups in total. The molecule has 0 radical (unpaired) electrons.